The summed E-state index contributed by atoms with van der Waals surface area (Å²) in [6.07, 6.45) is 11.0. The van der Waals surface area contributed by atoms with Gasteiger partial charge < -0.3 is 9.47 Å². The van der Waals surface area contributed by atoms with Gasteiger partial charge in [0.1, 0.15) is 0 Å². The second-order valence-electron chi connectivity index (χ2n) is 6.61. The van der Waals surface area contributed by atoms with E-state index in [1.54, 1.807) is 0 Å². The van der Waals surface area contributed by atoms with E-state index >= 15 is 0 Å². The second kappa shape index (κ2) is 6.38. The first-order chi connectivity index (χ1) is 8.74. The molecule has 2 rings (SSSR count). The Balaban J connectivity index is 1.49. The predicted molar refractivity (Wildman–Crippen MR) is 74.8 cm³/mol. The lowest BCUT2D eigenvalue weighted by Crippen LogP contribution is -2.42. The molecule has 2 fully saturated rings. The van der Waals surface area contributed by atoms with Gasteiger partial charge in [-0.1, -0.05) is 39.5 Å². The summed E-state index contributed by atoms with van der Waals surface area (Å²) in [5.74, 6) is 0. The SMILES string of the molecule is CCC1(CCCCCCC2(CC)COC2)COC1. The lowest BCUT2D eigenvalue weighted by Gasteiger charge is -2.41. The van der Waals surface area contributed by atoms with Crippen LogP contribution >= 0.6 is 0 Å². The van der Waals surface area contributed by atoms with E-state index in [0.29, 0.717) is 10.8 Å². The van der Waals surface area contributed by atoms with Crippen molar-refractivity contribution in [2.24, 2.45) is 10.8 Å². The number of rotatable bonds is 9. The minimum Gasteiger partial charge on any atom is -0.380 e. The number of unbranched alkanes of at least 4 members (excludes halogenated alkanes) is 3. The standard InChI is InChI=1S/C16H30O2/c1-3-15(11-17-12-15)9-7-5-6-8-10-16(4-2)13-18-14-16/h3-14H2,1-2H3. The average Bonchev–Trinajstić information content (AvgIpc) is 2.29. The van der Waals surface area contributed by atoms with E-state index in [1.807, 2.05) is 0 Å². The van der Waals surface area contributed by atoms with Gasteiger partial charge in [0.15, 0.2) is 0 Å². The molecule has 2 heterocycles. The monoisotopic (exact) mass is 254 g/mol. The fourth-order valence-corrected chi connectivity index (χ4v) is 3.19. The van der Waals surface area contributed by atoms with Gasteiger partial charge in [-0.3, -0.25) is 0 Å². The molecular formula is C16H30O2. The Kier molecular flexibility index (Phi) is 5.08. The van der Waals surface area contributed by atoms with Gasteiger partial charge >= 0.3 is 0 Å². The summed E-state index contributed by atoms with van der Waals surface area (Å²) in [4.78, 5) is 0. The number of ether oxygens (including phenoxy) is 2. The highest BCUT2D eigenvalue weighted by molar-refractivity contribution is 4.85. The van der Waals surface area contributed by atoms with Crippen molar-refractivity contribution in [2.75, 3.05) is 26.4 Å². The van der Waals surface area contributed by atoms with Crippen molar-refractivity contribution in [3.8, 4) is 0 Å². The van der Waals surface area contributed by atoms with Gasteiger partial charge in [-0.05, 0) is 25.7 Å². The summed E-state index contributed by atoms with van der Waals surface area (Å²) in [7, 11) is 0. The molecule has 106 valence electrons. The van der Waals surface area contributed by atoms with Crippen molar-refractivity contribution in [1.82, 2.24) is 0 Å². The third-order valence-corrected chi connectivity index (χ3v) is 5.30. The molecule has 0 aromatic rings. The van der Waals surface area contributed by atoms with Crippen LogP contribution in [0.3, 0.4) is 0 Å². The smallest absolute Gasteiger partial charge is 0.0544 e. The molecule has 2 aliphatic rings. The van der Waals surface area contributed by atoms with Gasteiger partial charge in [-0.25, -0.2) is 0 Å². The maximum Gasteiger partial charge on any atom is 0.0544 e. The van der Waals surface area contributed by atoms with Crippen LogP contribution in [0.4, 0.5) is 0 Å². The zero-order valence-electron chi connectivity index (χ0n) is 12.3. The normalized spacial score (nSPS) is 24.3. The van der Waals surface area contributed by atoms with Crippen LogP contribution in [-0.4, -0.2) is 26.4 Å². The Morgan fingerprint density at radius 2 is 1.06 bits per heavy atom. The van der Waals surface area contributed by atoms with E-state index in [2.05, 4.69) is 13.8 Å². The Morgan fingerprint density at radius 3 is 1.28 bits per heavy atom. The molecule has 0 saturated carbocycles. The van der Waals surface area contributed by atoms with Crippen molar-refractivity contribution in [3.63, 3.8) is 0 Å². The van der Waals surface area contributed by atoms with Crippen LogP contribution in [0.25, 0.3) is 0 Å². The van der Waals surface area contributed by atoms with Crippen LogP contribution in [0, 0.1) is 10.8 Å². The Labute approximate surface area is 112 Å². The molecule has 0 unspecified atom stereocenters. The molecule has 2 heteroatoms. The van der Waals surface area contributed by atoms with Gasteiger partial charge in [0.2, 0.25) is 0 Å². The van der Waals surface area contributed by atoms with Crippen molar-refractivity contribution >= 4 is 0 Å². The maximum absolute atomic E-state index is 5.37. The van der Waals surface area contributed by atoms with Crippen molar-refractivity contribution in [3.05, 3.63) is 0 Å². The molecule has 18 heavy (non-hydrogen) atoms. The molecule has 0 bridgehead atoms. The Bertz CT molecular complexity index is 204. The zero-order chi connectivity index (χ0) is 12.9. The summed E-state index contributed by atoms with van der Waals surface area (Å²) >= 11 is 0. The van der Waals surface area contributed by atoms with E-state index in [4.69, 9.17) is 9.47 Å². The van der Waals surface area contributed by atoms with Gasteiger partial charge in [0.05, 0.1) is 26.4 Å². The molecule has 0 amide bonds. The average molecular weight is 254 g/mol. The fourth-order valence-electron chi connectivity index (χ4n) is 3.19. The quantitative estimate of drug-likeness (QED) is 0.575. The number of hydrogen-bond donors (Lipinski definition) is 0. The molecule has 0 spiro atoms. The van der Waals surface area contributed by atoms with Crippen LogP contribution < -0.4 is 0 Å². The first kappa shape index (κ1) is 14.3. The fraction of sp³-hybridized carbons (Fsp3) is 1.00. The van der Waals surface area contributed by atoms with Crippen molar-refractivity contribution in [2.45, 2.75) is 65.2 Å². The van der Waals surface area contributed by atoms with Crippen LogP contribution in [0.5, 0.6) is 0 Å². The predicted octanol–water partition coefficient (Wildman–Crippen LogP) is 4.18. The van der Waals surface area contributed by atoms with Gasteiger partial charge in [0.25, 0.3) is 0 Å². The summed E-state index contributed by atoms with van der Waals surface area (Å²) < 4.78 is 10.7. The molecular weight excluding hydrogens is 224 g/mol. The topological polar surface area (TPSA) is 18.5 Å². The number of hydrogen-bond acceptors (Lipinski definition) is 2. The highest BCUT2D eigenvalue weighted by Gasteiger charge is 2.36. The molecule has 2 nitrogen and oxygen atoms in total. The molecule has 2 saturated heterocycles. The molecule has 0 aromatic heterocycles. The van der Waals surface area contributed by atoms with Crippen molar-refractivity contribution in [1.29, 1.82) is 0 Å². The summed E-state index contributed by atoms with van der Waals surface area (Å²) in [5.41, 5.74) is 1.12. The van der Waals surface area contributed by atoms with E-state index in [-0.39, 0.29) is 0 Å². The Morgan fingerprint density at radius 1 is 0.667 bits per heavy atom. The van der Waals surface area contributed by atoms with Crippen LogP contribution in [0.2, 0.25) is 0 Å². The van der Waals surface area contributed by atoms with Gasteiger partial charge in [0, 0.05) is 10.8 Å². The third kappa shape index (κ3) is 3.27. The summed E-state index contributed by atoms with van der Waals surface area (Å²) in [6.45, 7) is 8.67. The van der Waals surface area contributed by atoms with E-state index < -0.39 is 0 Å². The van der Waals surface area contributed by atoms with Gasteiger partial charge in [-0.15, -0.1) is 0 Å². The molecule has 0 atom stereocenters. The zero-order valence-corrected chi connectivity index (χ0v) is 12.3. The molecule has 0 N–H and O–H groups in total. The lowest BCUT2D eigenvalue weighted by molar-refractivity contribution is -0.121. The first-order valence-electron chi connectivity index (χ1n) is 7.90. The largest absolute Gasteiger partial charge is 0.380 e. The van der Waals surface area contributed by atoms with Crippen LogP contribution in [-0.2, 0) is 9.47 Å². The van der Waals surface area contributed by atoms with E-state index in [1.165, 1.54) is 51.4 Å². The Hall–Kier alpha value is -0.0800. The molecule has 0 aromatic carbocycles. The maximum atomic E-state index is 5.37. The molecule has 2 aliphatic heterocycles. The highest BCUT2D eigenvalue weighted by atomic mass is 16.5. The van der Waals surface area contributed by atoms with Crippen molar-refractivity contribution < 1.29 is 9.47 Å². The molecule has 0 aliphatic carbocycles. The van der Waals surface area contributed by atoms with Crippen LogP contribution in [0.15, 0.2) is 0 Å². The van der Waals surface area contributed by atoms with E-state index in [0.717, 1.165) is 26.4 Å². The summed E-state index contributed by atoms with van der Waals surface area (Å²) in [5, 5.41) is 0. The van der Waals surface area contributed by atoms with Crippen LogP contribution in [0.1, 0.15) is 65.2 Å². The highest BCUT2D eigenvalue weighted by Crippen LogP contribution is 2.38. The van der Waals surface area contributed by atoms with Gasteiger partial charge in [-0.2, -0.15) is 0 Å². The first-order valence-corrected chi connectivity index (χ1v) is 7.90. The molecule has 0 radical (unpaired) electrons. The summed E-state index contributed by atoms with van der Waals surface area (Å²) in [6, 6.07) is 0. The van der Waals surface area contributed by atoms with E-state index in [9.17, 15) is 0 Å². The third-order valence-electron chi connectivity index (χ3n) is 5.30. The second-order valence-corrected chi connectivity index (χ2v) is 6.61. The lowest BCUT2D eigenvalue weighted by atomic mass is 9.77. The minimum absolute atomic E-state index is 0.562. The minimum atomic E-state index is 0.562.